The Kier molecular flexibility index (Phi) is 4.90. The number of piperazine rings is 1. The van der Waals surface area contributed by atoms with E-state index in [1.54, 1.807) is 22.7 Å². The molecule has 6 nitrogen and oxygen atoms in total. The summed E-state index contributed by atoms with van der Waals surface area (Å²) in [5.74, 6) is -0.229. The summed E-state index contributed by atoms with van der Waals surface area (Å²) in [5, 5.41) is 7.49. The lowest BCUT2D eigenvalue weighted by molar-refractivity contribution is -0.141. The highest BCUT2D eigenvalue weighted by molar-refractivity contribution is 6.31. The van der Waals surface area contributed by atoms with Crippen LogP contribution in [0.4, 0.5) is 0 Å². The standard InChI is InChI=1S/C15H21ClN4O2/c1-9(2)13-15(22)17-7-8-20(13)12(21)6-5-11-10(3)18-19(4)14(11)16/h5-6,9,13H,7-8H2,1-4H3,(H,17,22)/b6-5+. The number of hydrogen-bond acceptors (Lipinski definition) is 3. The van der Waals surface area contributed by atoms with Crippen molar-refractivity contribution in [2.45, 2.75) is 26.8 Å². The van der Waals surface area contributed by atoms with Gasteiger partial charge in [-0.05, 0) is 18.9 Å². The van der Waals surface area contributed by atoms with Crippen molar-refractivity contribution in [2.24, 2.45) is 13.0 Å². The molecule has 1 aliphatic heterocycles. The molecule has 0 spiro atoms. The minimum atomic E-state index is -0.434. The summed E-state index contributed by atoms with van der Waals surface area (Å²) in [5.41, 5.74) is 1.48. The van der Waals surface area contributed by atoms with E-state index in [0.717, 1.165) is 11.3 Å². The molecule has 1 aliphatic rings. The van der Waals surface area contributed by atoms with Gasteiger partial charge in [0.15, 0.2) is 0 Å². The van der Waals surface area contributed by atoms with Crippen molar-refractivity contribution < 1.29 is 9.59 Å². The zero-order chi connectivity index (χ0) is 16.4. The molecule has 1 aromatic rings. The SMILES string of the molecule is Cc1nn(C)c(Cl)c1/C=C/C(=O)N1CCNC(=O)C1C(C)C. The van der Waals surface area contributed by atoms with Crippen molar-refractivity contribution in [1.82, 2.24) is 20.0 Å². The van der Waals surface area contributed by atoms with Crippen LogP contribution in [-0.4, -0.2) is 45.6 Å². The van der Waals surface area contributed by atoms with E-state index in [1.165, 1.54) is 6.08 Å². The van der Waals surface area contributed by atoms with E-state index in [0.29, 0.717) is 18.2 Å². The average Bonchev–Trinajstić information content (AvgIpc) is 2.69. The monoisotopic (exact) mass is 324 g/mol. The molecule has 1 N–H and O–H groups in total. The van der Waals surface area contributed by atoms with Crippen molar-refractivity contribution >= 4 is 29.5 Å². The Morgan fingerprint density at radius 2 is 2.18 bits per heavy atom. The first-order chi connectivity index (χ1) is 10.3. The lowest BCUT2D eigenvalue weighted by Gasteiger charge is -2.36. The number of nitrogens with zero attached hydrogens (tertiary/aromatic N) is 3. The number of carbonyl (C=O) groups excluding carboxylic acids is 2. The van der Waals surface area contributed by atoms with Gasteiger partial charge < -0.3 is 10.2 Å². The zero-order valence-electron chi connectivity index (χ0n) is 13.3. The number of carbonyl (C=O) groups is 2. The first-order valence-electron chi connectivity index (χ1n) is 7.28. The highest BCUT2D eigenvalue weighted by Gasteiger charge is 2.34. The Hall–Kier alpha value is -1.82. The molecule has 2 heterocycles. The number of amides is 2. The Morgan fingerprint density at radius 3 is 2.73 bits per heavy atom. The molecular weight excluding hydrogens is 304 g/mol. The predicted octanol–water partition coefficient (Wildman–Crippen LogP) is 1.38. The molecule has 2 amide bonds. The molecule has 0 aromatic carbocycles. The minimum Gasteiger partial charge on any atom is -0.353 e. The molecule has 1 unspecified atom stereocenters. The van der Waals surface area contributed by atoms with Gasteiger partial charge in [-0.15, -0.1) is 0 Å². The van der Waals surface area contributed by atoms with Crippen LogP contribution in [0.3, 0.4) is 0 Å². The van der Waals surface area contributed by atoms with Crippen LogP contribution in [0.1, 0.15) is 25.1 Å². The van der Waals surface area contributed by atoms with Crippen LogP contribution in [-0.2, 0) is 16.6 Å². The molecule has 7 heteroatoms. The molecule has 0 radical (unpaired) electrons. The summed E-state index contributed by atoms with van der Waals surface area (Å²) in [6.45, 7) is 6.69. The number of aryl methyl sites for hydroxylation is 2. The third-order valence-corrected chi connectivity index (χ3v) is 4.21. The van der Waals surface area contributed by atoms with E-state index in [1.807, 2.05) is 20.8 Å². The predicted molar refractivity (Wildman–Crippen MR) is 85.3 cm³/mol. The molecule has 1 aromatic heterocycles. The van der Waals surface area contributed by atoms with Gasteiger partial charge in [0.1, 0.15) is 11.2 Å². The number of aromatic nitrogens is 2. The second-order valence-electron chi connectivity index (χ2n) is 5.76. The molecule has 0 bridgehead atoms. The number of rotatable bonds is 3. The highest BCUT2D eigenvalue weighted by atomic mass is 35.5. The van der Waals surface area contributed by atoms with Gasteiger partial charge in [-0.1, -0.05) is 25.4 Å². The second-order valence-corrected chi connectivity index (χ2v) is 6.12. The first-order valence-corrected chi connectivity index (χ1v) is 7.66. The Labute approximate surface area is 135 Å². The molecule has 2 rings (SSSR count). The maximum absolute atomic E-state index is 12.5. The molecule has 1 fully saturated rings. The van der Waals surface area contributed by atoms with Gasteiger partial charge in [0.2, 0.25) is 11.8 Å². The van der Waals surface area contributed by atoms with Gasteiger partial charge >= 0.3 is 0 Å². The molecule has 0 aliphatic carbocycles. The van der Waals surface area contributed by atoms with E-state index in [-0.39, 0.29) is 17.7 Å². The summed E-state index contributed by atoms with van der Waals surface area (Å²) in [6.07, 6.45) is 3.13. The topological polar surface area (TPSA) is 67.2 Å². The molecule has 0 saturated carbocycles. The Bertz CT molecular complexity index is 621. The third kappa shape index (κ3) is 3.16. The number of hydrogen-bond donors (Lipinski definition) is 1. The maximum atomic E-state index is 12.5. The van der Waals surface area contributed by atoms with Crippen LogP contribution in [0, 0.1) is 12.8 Å². The fraction of sp³-hybridized carbons (Fsp3) is 0.533. The quantitative estimate of drug-likeness (QED) is 0.854. The van der Waals surface area contributed by atoms with Gasteiger partial charge in [-0.2, -0.15) is 5.10 Å². The summed E-state index contributed by atoms with van der Waals surface area (Å²) in [6, 6.07) is -0.434. The maximum Gasteiger partial charge on any atom is 0.247 e. The van der Waals surface area contributed by atoms with Crippen molar-refractivity contribution in [3.63, 3.8) is 0 Å². The molecule has 1 atom stereocenters. The molecule has 120 valence electrons. The number of halogens is 1. The lowest BCUT2D eigenvalue weighted by Crippen LogP contribution is -2.58. The summed E-state index contributed by atoms with van der Waals surface area (Å²) < 4.78 is 1.56. The van der Waals surface area contributed by atoms with Crippen molar-refractivity contribution in [3.05, 3.63) is 22.5 Å². The Morgan fingerprint density at radius 1 is 1.50 bits per heavy atom. The van der Waals surface area contributed by atoms with Crippen molar-refractivity contribution in [2.75, 3.05) is 13.1 Å². The summed E-state index contributed by atoms with van der Waals surface area (Å²) in [7, 11) is 1.75. The molecule has 22 heavy (non-hydrogen) atoms. The van der Waals surface area contributed by atoms with E-state index < -0.39 is 6.04 Å². The molecular formula is C15H21ClN4O2. The fourth-order valence-electron chi connectivity index (χ4n) is 2.68. The first kappa shape index (κ1) is 16.5. The zero-order valence-corrected chi connectivity index (χ0v) is 14.0. The van der Waals surface area contributed by atoms with E-state index in [4.69, 9.17) is 11.6 Å². The largest absolute Gasteiger partial charge is 0.353 e. The van der Waals surface area contributed by atoms with Crippen LogP contribution >= 0.6 is 11.6 Å². The van der Waals surface area contributed by atoms with Gasteiger partial charge in [0.05, 0.1) is 5.69 Å². The van der Waals surface area contributed by atoms with Crippen molar-refractivity contribution in [3.8, 4) is 0 Å². The fourth-order valence-corrected chi connectivity index (χ4v) is 2.92. The van der Waals surface area contributed by atoms with Gasteiger partial charge in [-0.3, -0.25) is 14.3 Å². The Balaban J connectivity index is 2.20. The lowest BCUT2D eigenvalue weighted by atomic mass is 9.99. The van der Waals surface area contributed by atoms with Crippen LogP contribution < -0.4 is 5.32 Å². The second kappa shape index (κ2) is 6.52. The average molecular weight is 325 g/mol. The normalized spacial score (nSPS) is 19.1. The third-order valence-electron chi connectivity index (χ3n) is 3.76. The molecule has 1 saturated heterocycles. The highest BCUT2D eigenvalue weighted by Crippen LogP contribution is 2.21. The van der Waals surface area contributed by atoms with Crippen LogP contribution in [0.2, 0.25) is 5.15 Å². The summed E-state index contributed by atoms with van der Waals surface area (Å²) in [4.78, 5) is 26.0. The van der Waals surface area contributed by atoms with Crippen molar-refractivity contribution in [1.29, 1.82) is 0 Å². The van der Waals surface area contributed by atoms with Crippen LogP contribution in [0.5, 0.6) is 0 Å². The van der Waals surface area contributed by atoms with Gasteiger partial charge in [0, 0.05) is 31.8 Å². The van der Waals surface area contributed by atoms with Crippen LogP contribution in [0.15, 0.2) is 6.08 Å². The minimum absolute atomic E-state index is 0.0568. The van der Waals surface area contributed by atoms with E-state index in [2.05, 4.69) is 10.4 Å². The van der Waals surface area contributed by atoms with E-state index in [9.17, 15) is 9.59 Å². The van der Waals surface area contributed by atoms with E-state index >= 15 is 0 Å². The number of nitrogens with one attached hydrogen (secondary N) is 1. The van der Waals surface area contributed by atoms with Gasteiger partial charge in [0.25, 0.3) is 0 Å². The van der Waals surface area contributed by atoms with Gasteiger partial charge in [-0.25, -0.2) is 0 Å². The summed E-state index contributed by atoms with van der Waals surface area (Å²) >= 11 is 6.15. The van der Waals surface area contributed by atoms with Crippen LogP contribution in [0.25, 0.3) is 6.08 Å². The smallest absolute Gasteiger partial charge is 0.247 e.